The predicted octanol–water partition coefficient (Wildman–Crippen LogP) is 4.75. The number of hydrogen-bond acceptors (Lipinski definition) is 2. The maximum Gasteiger partial charge on any atom is 0.200 e. The van der Waals surface area contributed by atoms with Gasteiger partial charge in [-0.1, -0.05) is 60.6 Å². The number of allylic oxidation sites excluding steroid dienone is 1. The van der Waals surface area contributed by atoms with Gasteiger partial charge in [-0.05, 0) is 23.5 Å². The summed E-state index contributed by atoms with van der Waals surface area (Å²) in [5, 5.41) is 10.2. The van der Waals surface area contributed by atoms with Crippen molar-refractivity contribution in [2.24, 2.45) is 5.92 Å². The minimum atomic E-state index is -1.84. The molecule has 2 atom stereocenters. The van der Waals surface area contributed by atoms with Gasteiger partial charge in [0.05, 0.1) is 12.7 Å². The summed E-state index contributed by atoms with van der Waals surface area (Å²) in [6.45, 7) is 18.1. The fraction of sp³-hybridized carbons (Fsp3) is 0.875. The van der Waals surface area contributed by atoms with Crippen molar-refractivity contribution < 1.29 is 9.53 Å². The van der Waals surface area contributed by atoms with E-state index in [0.717, 1.165) is 0 Å². The summed E-state index contributed by atoms with van der Waals surface area (Å²) in [6.07, 6.45) is 3.63. The fourth-order valence-corrected chi connectivity index (χ4v) is 8.77. The Hall–Kier alpha value is -0.123. The Morgan fingerprint density at radius 3 is 1.68 bits per heavy atom. The fourth-order valence-electron chi connectivity index (χ4n) is 3.31. The second-order valence-corrected chi connectivity index (χ2v) is 12.0. The Bertz CT molecular complexity index is 250. The maximum atomic E-state index is 10.2. The molecule has 0 rings (SSSR count). The minimum absolute atomic E-state index is 0.156. The maximum absolute atomic E-state index is 10.2. The van der Waals surface area contributed by atoms with Crippen LogP contribution in [-0.4, -0.2) is 26.1 Å². The van der Waals surface area contributed by atoms with Crippen LogP contribution in [0.2, 0.25) is 16.6 Å². The van der Waals surface area contributed by atoms with E-state index in [1.54, 1.807) is 0 Å². The van der Waals surface area contributed by atoms with Crippen molar-refractivity contribution in [1.82, 2.24) is 0 Å². The molecule has 0 aromatic rings. The molecule has 114 valence electrons. The Morgan fingerprint density at radius 2 is 1.37 bits per heavy atom. The summed E-state index contributed by atoms with van der Waals surface area (Å²) in [7, 11) is -1.84. The van der Waals surface area contributed by atoms with Crippen LogP contribution in [0.1, 0.15) is 55.4 Å². The number of hydrogen-bond donors (Lipinski definition) is 1. The van der Waals surface area contributed by atoms with Crippen molar-refractivity contribution in [3.05, 3.63) is 12.2 Å². The molecule has 0 aliphatic rings. The average Bonchev–Trinajstić information content (AvgIpc) is 2.28. The van der Waals surface area contributed by atoms with Gasteiger partial charge >= 0.3 is 0 Å². The van der Waals surface area contributed by atoms with Crippen LogP contribution in [0.25, 0.3) is 0 Å². The molecular weight excluding hydrogens is 252 g/mol. The molecule has 0 bridgehead atoms. The zero-order valence-corrected chi connectivity index (χ0v) is 15.1. The first-order valence-electron chi connectivity index (χ1n) is 7.64. The molecule has 2 nitrogen and oxygen atoms in total. The van der Waals surface area contributed by atoms with Gasteiger partial charge < -0.3 is 9.53 Å². The zero-order valence-electron chi connectivity index (χ0n) is 14.1. The monoisotopic (exact) mass is 286 g/mol. The SMILES string of the molecule is C/C=C\[C@H](C)[C@@H](O)CO[Si](C(C)C)(C(C)C)C(C)C. The van der Waals surface area contributed by atoms with E-state index in [0.29, 0.717) is 23.2 Å². The summed E-state index contributed by atoms with van der Waals surface area (Å²) in [6, 6.07) is 0. The molecule has 0 amide bonds. The highest BCUT2D eigenvalue weighted by Crippen LogP contribution is 2.42. The molecule has 0 heterocycles. The molecule has 0 saturated carbocycles. The summed E-state index contributed by atoms with van der Waals surface area (Å²) in [5.74, 6) is 0.156. The van der Waals surface area contributed by atoms with Crippen molar-refractivity contribution in [3.8, 4) is 0 Å². The molecule has 0 unspecified atom stereocenters. The zero-order chi connectivity index (χ0) is 15.2. The van der Waals surface area contributed by atoms with Gasteiger partial charge in [0.2, 0.25) is 0 Å². The van der Waals surface area contributed by atoms with Crippen molar-refractivity contribution in [2.75, 3.05) is 6.61 Å². The van der Waals surface area contributed by atoms with E-state index in [1.807, 2.05) is 26.0 Å². The smallest absolute Gasteiger partial charge is 0.200 e. The lowest BCUT2D eigenvalue weighted by Crippen LogP contribution is -2.49. The highest BCUT2D eigenvalue weighted by atomic mass is 28.4. The molecule has 1 N–H and O–H groups in total. The van der Waals surface area contributed by atoms with Crippen LogP contribution in [-0.2, 0) is 4.43 Å². The summed E-state index contributed by atoms with van der Waals surface area (Å²) in [5.41, 5.74) is 1.70. The lowest BCUT2D eigenvalue weighted by Gasteiger charge is -2.42. The standard InChI is InChI=1S/C16H34O2Si/c1-9-10-15(8)16(17)11-18-19(12(2)3,13(4)5)14(6)7/h9-10,12-17H,11H2,1-8H3/b10-9-/t15-,16-/m0/s1. The van der Waals surface area contributed by atoms with Crippen LogP contribution < -0.4 is 0 Å². The molecule has 0 aromatic heterocycles. The quantitative estimate of drug-likeness (QED) is 0.515. The third-order valence-corrected chi connectivity index (χ3v) is 10.4. The van der Waals surface area contributed by atoms with E-state index < -0.39 is 14.4 Å². The average molecular weight is 287 g/mol. The Kier molecular flexibility index (Phi) is 8.17. The van der Waals surface area contributed by atoms with Gasteiger partial charge in [-0.25, -0.2) is 0 Å². The Balaban J connectivity index is 4.86. The Labute approximate surface area is 121 Å². The van der Waals surface area contributed by atoms with Crippen LogP contribution in [0, 0.1) is 5.92 Å². The van der Waals surface area contributed by atoms with Crippen LogP contribution >= 0.6 is 0 Å². The van der Waals surface area contributed by atoms with Gasteiger partial charge in [0.25, 0.3) is 0 Å². The summed E-state index contributed by atoms with van der Waals surface area (Å²) >= 11 is 0. The van der Waals surface area contributed by atoms with E-state index in [-0.39, 0.29) is 5.92 Å². The van der Waals surface area contributed by atoms with E-state index in [4.69, 9.17) is 4.43 Å². The first-order valence-corrected chi connectivity index (χ1v) is 9.78. The number of rotatable bonds is 8. The van der Waals surface area contributed by atoms with E-state index in [1.165, 1.54) is 0 Å². The molecule has 0 aliphatic heterocycles. The third kappa shape index (κ3) is 4.73. The second kappa shape index (κ2) is 8.23. The second-order valence-electron chi connectivity index (χ2n) is 6.58. The van der Waals surface area contributed by atoms with Gasteiger partial charge in [-0.3, -0.25) is 0 Å². The van der Waals surface area contributed by atoms with Crippen LogP contribution in [0.5, 0.6) is 0 Å². The Morgan fingerprint density at radius 1 is 0.947 bits per heavy atom. The van der Waals surface area contributed by atoms with Crippen LogP contribution in [0.4, 0.5) is 0 Å². The van der Waals surface area contributed by atoms with Crippen molar-refractivity contribution in [1.29, 1.82) is 0 Å². The lowest BCUT2D eigenvalue weighted by atomic mass is 10.1. The molecule has 19 heavy (non-hydrogen) atoms. The van der Waals surface area contributed by atoms with Crippen LogP contribution in [0.15, 0.2) is 12.2 Å². The first kappa shape index (κ1) is 18.9. The predicted molar refractivity (Wildman–Crippen MR) is 87.0 cm³/mol. The summed E-state index contributed by atoms with van der Waals surface area (Å²) in [4.78, 5) is 0. The highest BCUT2D eigenvalue weighted by molar-refractivity contribution is 6.77. The van der Waals surface area contributed by atoms with Gasteiger partial charge in [-0.2, -0.15) is 0 Å². The first-order chi connectivity index (χ1) is 8.70. The molecule has 0 radical (unpaired) electrons. The van der Waals surface area contributed by atoms with Crippen molar-refractivity contribution >= 4 is 8.32 Å². The molecule has 0 aliphatic carbocycles. The van der Waals surface area contributed by atoms with E-state index in [2.05, 4.69) is 41.5 Å². The molecule has 0 aromatic carbocycles. The normalized spacial score (nSPS) is 16.8. The van der Waals surface area contributed by atoms with E-state index >= 15 is 0 Å². The topological polar surface area (TPSA) is 29.5 Å². The molecular formula is C16H34O2Si. The summed E-state index contributed by atoms with van der Waals surface area (Å²) < 4.78 is 6.40. The highest BCUT2D eigenvalue weighted by Gasteiger charge is 2.45. The number of aliphatic hydroxyl groups excluding tert-OH is 1. The van der Waals surface area contributed by atoms with Crippen molar-refractivity contribution in [2.45, 2.75) is 78.1 Å². The number of aliphatic hydroxyl groups is 1. The molecule has 3 heteroatoms. The molecule has 0 fully saturated rings. The molecule has 0 spiro atoms. The largest absolute Gasteiger partial charge is 0.413 e. The van der Waals surface area contributed by atoms with Gasteiger partial charge in [0.1, 0.15) is 0 Å². The van der Waals surface area contributed by atoms with Crippen molar-refractivity contribution in [3.63, 3.8) is 0 Å². The van der Waals surface area contributed by atoms with E-state index in [9.17, 15) is 5.11 Å². The van der Waals surface area contributed by atoms with Gasteiger partial charge in [0.15, 0.2) is 8.32 Å². The van der Waals surface area contributed by atoms with Gasteiger partial charge in [-0.15, -0.1) is 0 Å². The van der Waals surface area contributed by atoms with Gasteiger partial charge in [0, 0.05) is 5.92 Å². The molecule has 0 saturated heterocycles. The van der Waals surface area contributed by atoms with Crippen LogP contribution in [0.3, 0.4) is 0 Å². The lowest BCUT2D eigenvalue weighted by molar-refractivity contribution is 0.0710. The minimum Gasteiger partial charge on any atom is -0.413 e. The third-order valence-electron chi connectivity index (χ3n) is 4.31.